The van der Waals surface area contributed by atoms with Gasteiger partial charge in [-0.05, 0) is 30.5 Å². The molecule has 0 saturated heterocycles. The topological polar surface area (TPSA) is 65.0 Å². The number of ether oxygens (including phenoxy) is 3. The minimum Gasteiger partial charge on any atom is -0.493 e. The van der Waals surface area contributed by atoms with Gasteiger partial charge >= 0.3 is 5.97 Å². The van der Waals surface area contributed by atoms with Crippen LogP contribution in [0.4, 0.5) is 0 Å². The van der Waals surface area contributed by atoms with Crippen LogP contribution in [-0.4, -0.2) is 32.4 Å². The van der Waals surface area contributed by atoms with E-state index in [1.807, 2.05) is 0 Å². The van der Waals surface area contributed by atoms with Crippen LogP contribution in [0, 0.1) is 0 Å². The zero-order valence-corrected chi connectivity index (χ0v) is 11.1. The maximum Gasteiger partial charge on any atom is 0.331 e. The van der Waals surface area contributed by atoms with Gasteiger partial charge in [0, 0.05) is 11.1 Å². The summed E-state index contributed by atoms with van der Waals surface area (Å²) in [4.78, 5) is 11.0. The number of hydrogen-bond acceptors (Lipinski definition) is 4. The second-order valence-electron chi connectivity index (χ2n) is 4.19. The van der Waals surface area contributed by atoms with Gasteiger partial charge in [-0.1, -0.05) is 0 Å². The van der Waals surface area contributed by atoms with Crippen LogP contribution in [-0.2, 0) is 11.2 Å². The molecule has 1 N–H and O–H groups in total. The maximum absolute atomic E-state index is 11.0. The molecule has 2 rings (SSSR count). The van der Waals surface area contributed by atoms with Gasteiger partial charge in [-0.15, -0.1) is 0 Å². The van der Waals surface area contributed by atoms with Gasteiger partial charge in [0.25, 0.3) is 0 Å². The molecule has 0 radical (unpaired) electrons. The zero-order chi connectivity index (χ0) is 14.0. The van der Waals surface area contributed by atoms with E-state index in [2.05, 4.69) is 0 Å². The first kappa shape index (κ1) is 13.3. The molecule has 1 aromatic rings. The van der Waals surface area contributed by atoms with E-state index < -0.39 is 5.97 Å². The Labute approximate surface area is 111 Å². The fourth-order valence-electron chi connectivity index (χ4n) is 2.31. The first-order valence-corrected chi connectivity index (χ1v) is 5.88. The Morgan fingerprint density at radius 3 is 2.32 bits per heavy atom. The molecule has 1 aliphatic carbocycles. The number of aliphatic carboxylic acids is 1. The minimum atomic E-state index is -0.889. The summed E-state index contributed by atoms with van der Waals surface area (Å²) in [6.45, 7) is 0. The number of rotatable bonds is 4. The van der Waals surface area contributed by atoms with Crippen molar-refractivity contribution in [3.8, 4) is 17.2 Å². The molecule has 0 aliphatic heterocycles. The Morgan fingerprint density at radius 1 is 1.11 bits per heavy atom. The van der Waals surface area contributed by atoms with Crippen molar-refractivity contribution >= 4 is 12.0 Å². The van der Waals surface area contributed by atoms with Gasteiger partial charge in [0.15, 0.2) is 11.5 Å². The van der Waals surface area contributed by atoms with Crippen molar-refractivity contribution in [3.63, 3.8) is 0 Å². The fourth-order valence-corrected chi connectivity index (χ4v) is 2.31. The third kappa shape index (κ3) is 2.23. The van der Waals surface area contributed by atoms with Gasteiger partial charge in [-0.3, -0.25) is 0 Å². The van der Waals surface area contributed by atoms with Crippen LogP contribution in [0.1, 0.15) is 17.5 Å². The van der Waals surface area contributed by atoms with Crippen LogP contribution < -0.4 is 14.2 Å². The molecule has 19 heavy (non-hydrogen) atoms. The van der Waals surface area contributed by atoms with Gasteiger partial charge in [-0.2, -0.15) is 0 Å². The van der Waals surface area contributed by atoms with E-state index in [-0.39, 0.29) is 0 Å². The summed E-state index contributed by atoms with van der Waals surface area (Å²) >= 11 is 0. The molecular formula is C14H16O5. The predicted octanol–water partition coefficient (Wildman–Crippen LogP) is 2.13. The van der Waals surface area contributed by atoms with Gasteiger partial charge in [0.2, 0.25) is 5.75 Å². The lowest BCUT2D eigenvalue weighted by molar-refractivity contribution is -0.132. The quantitative estimate of drug-likeness (QED) is 0.902. The number of carboxylic acids is 1. The van der Waals surface area contributed by atoms with Gasteiger partial charge in [-0.25, -0.2) is 4.79 Å². The standard InChI is InChI=1S/C14H16O5/c1-17-11-7-9-6-8(14(15)16)4-5-10(9)12(18-2)13(11)19-3/h6-7H,4-5H2,1-3H3,(H,15,16). The Kier molecular flexibility index (Phi) is 3.64. The van der Waals surface area contributed by atoms with E-state index in [0.717, 1.165) is 11.1 Å². The first-order valence-electron chi connectivity index (χ1n) is 5.88. The van der Waals surface area contributed by atoms with Crippen molar-refractivity contribution in [1.29, 1.82) is 0 Å². The highest BCUT2D eigenvalue weighted by atomic mass is 16.5. The van der Waals surface area contributed by atoms with E-state index in [4.69, 9.17) is 19.3 Å². The molecule has 0 atom stereocenters. The van der Waals surface area contributed by atoms with Gasteiger partial charge in [0.1, 0.15) is 0 Å². The van der Waals surface area contributed by atoms with Crippen LogP contribution in [0.25, 0.3) is 6.08 Å². The normalized spacial score (nSPS) is 13.3. The number of carbonyl (C=O) groups is 1. The second kappa shape index (κ2) is 5.22. The molecule has 5 nitrogen and oxygen atoms in total. The van der Waals surface area contributed by atoms with E-state index in [1.54, 1.807) is 26.4 Å². The number of methoxy groups -OCH3 is 3. The Hall–Kier alpha value is -2.17. The van der Waals surface area contributed by atoms with Crippen LogP contribution in [0.15, 0.2) is 11.6 Å². The summed E-state index contributed by atoms with van der Waals surface area (Å²) in [5.41, 5.74) is 2.14. The molecule has 0 fully saturated rings. The molecule has 102 valence electrons. The van der Waals surface area contributed by atoms with Crippen molar-refractivity contribution in [2.24, 2.45) is 0 Å². The number of carboxylic acid groups (broad SMARTS) is 1. The van der Waals surface area contributed by atoms with E-state index in [9.17, 15) is 4.79 Å². The minimum absolute atomic E-state index is 0.391. The summed E-state index contributed by atoms with van der Waals surface area (Å²) < 4.78 is 16.0. The third-order valence-corrected chi connectivity index (χ3v) is 3.22. The van der Waals surface area contributed by atoms with E-state index in [1.165, 1.54) is 7.11 Å². The molecule has 1 aliphatic rings. The molecule has 0 amide bonds. The maximum atomic E-state index is 11.0. The largest absolute Gasteiger partial charge is 0.493 e. The van der Waals surface area contributed by atoms with Crippen LogP contribution in [0.2, 0.25) is 0 Å². The van der Waals surface area contributed by atoms with Crippen molar-refractivity contribution in [1.82, 2.24) is 0 Å². The summed E-state index contributed by atoms with van der Waals surface area (Å²) in [6, 6.07) is 1.78. The highest BCUT2D eigenvalue weighted by Gasteiger charge is 2.24. The number of hydrogen-bond donors (Lipinski definition) is 1. The monoisotopic (exact) mass is 264 g/mol. The molecule has 1 aromatic carbocycles. The van der Waals surface area contributed by atoms with Crippen LogP contribution >= 0.6 is 0 Å². The summed E-state index contributed by atoms with van der Waals surface area (Å²) in [5, 5.41) is 9.06. The highest BCUT2D eigenvalue weighted by molar-refractivity contribution is 5.93. The fraction of sp³-hybridized carbons (Fsp3) is 0.357. The van der Waals surface area contributed by atoms with E-state index in [0.29, 0.717) is 35.7 Å². The molecular weight excluding hydrogens is 248 g/mol. The summed E-state index contributed by atoms with van der Waals surface area (Å²) in [5.74, 6) is 0.786. The van der Waals surface area contributed by atoms with Crippen LogP contribution in [0.3, 0.4) is 0 Å². The Balaban J connectivity index is 2.64. The zero-order valence-electron chi connectivity index (χ0n) is 11.1. The lowest BCUT2D eigenvalue weighted by atomic mass is 9.91. The molecule has 0 bridgehead atoms. The van der Waals surface area contributed by atoms with Crippen molar-refractivity contribution in [3.05, 3.63) is 22.8 Å². The smallest absolute Gasteiger partial charge is 0.331 e. The van der Waals surface area contributed by atoms with E-state index >= 15 is 0 Å². The highest BCUT2D eigenvalue weighted by Crippen LogP contribution is 2.44. The Bertz CT molecular complexity index is 545. The molecule has 0 heterocycles. The van der Waals surface area contributed by atoms with Crippen molar-refractivity contribution < 1.29 is 24.1 Å². The molecule has 0 unspecified atom stereocenters. The molecule has 0 saturated carbocycles. The Morgan fingerprint density at radius 2 is 1.79 bits per heavy atom. The average molecular weight is 264 g/mol. The van der Waals surface area contributed by atoms with Crippen LogP contribution in [0.5, 0.6) is 17.2 Å². The van der Waals surface area contributed by atoms with Gasteiger partial charge in [0.05, 0.1) is 21.3 Å². The van der Waals surface area contributed by atoms with Crippen molar-refractivity contribution in [2.75, 3.05) is 21.3 Å². The lowest BCUT2D eigenvalue weighted by Gasteiger charge is -2.21. The summed E-state index contributed by atoms with van der Waals surface area (Å²) in [7, 11) is 4.65. The molecule has 5 heteroatoms. The SMILES string of the molecule is COc1cc2c(c(OC)c1OC)CCC(C(=O)O)=C2. The average Bonchev–Trinajstić information content (AvgIpc) is 2.43. The predicted molar refractivity (Wildman–Crippen MR) is 70.0 cm³/mol. The molecule has 0 aromatic heterocycles. The second-order valence-corrected chi connectivity index (χ2v) is 4.19. The number of benzene rings is 1. The van der Waals surface area contributed by atoms with Gasteiger partial charge < -0.3 is 19.3 Å². The first-order chi connectivity index (χ1) is 9.12. The third-order valence-electron chi connectivity index (χ3n) is 3.22. The number of fused-ring (bicyclic) bond motifs is 1. The molecule has 0 spiro atoms. The lowest BCUT2D eigenvalue weighted by Crippen LogP contribution is -2.09. The summed E-state index contributed by atoms with van der Waals surface area (Å²) in [6.07, 6.45) is 2.75. The van der Waals surface area contributed by atoms with Crippen molar-refractivity contribution in [2.45, 2.75) is 12.8 Å².